The van der Waals surface area contributed by atoms with E-state index in [1.165, 1.54) is 6.08 Å². The van der Waals surface area contributed by atoms with Crippen LogP contribution in [0.2, 0.25) is 0 Å². The van der Waals surface area contributed by atoms with Gasteiger partial charge in [-0.2, -0.15) is 0 Å². The van der Waals surface area contributed by atoms with Crippen molar-refractivity contribution in [2.45, 2.75) is 25.4 Å². The molecule has 0 aliphatic rings. The molecule has 3 aromatic carbocycles. The van der Waals surface area contributed by atoms with E-state index in [-0.39, 0.29) is 19.1 Å². The summed E-state index contributed by atoms with van der Waals surface area (Å²) in [5.74, 6) is 0.304. The van der Waals surface area contributed by atoms with Crippen LogP contribution in [0.3, 0.4) is 0 Å². The minimum Gasteiger partial charge on any atom is -0.491 e. The molecule has 3 aromatic rings. The molecular formula is C28H30BrN3O5. The quantitative estimate of drug-likeness (QED) is 0.120. The van der Waals surface area contributed by atoms with E-state index >= 15 is 0 Å². The first kappa shape index (κ1) is 27.8. The Morgan fingerprint density at radius 2 is 1.81 bits per heavy atom. The largest absolute Gasteiger partial charge is 0.491 e. The Morgan fingerprint density at radius 3 is 2.57 bits per heavy atom. The van der Waals surface area contributed by atoms with Crippen LogP contribution in [-0.2, 0) is 9.53 Å². The van der Waals surface area contributed by atoms with Gasteiger partial charge in [0.05, 0.1) is 18.0 Å². The number of allylic oxidation sites excluding steroid dienone is 1. The van der Waals surface area contributed by atoms with E-state index in [0.717, 1.165) is 10.0 Å². The molecule has 0 saturated carbocycles. The highest BCUT2D eigenvalue weighted by Crippen LogP contribution is 2.28. The molecule has 8 nitrogen and oxygen atoms in total. The summed E-state index contributed by atoms with van der Waals surface area (Å²) in [6.07, 6.45) is 3.90. The topological polar surface area (TPSA) is 123 Å². The first-order chi connectivity index (χ1) is 17.9. The zero-order valence-corrected chi connectivity index (χ0v) is 21.8. The number of ether oxygens (including phenoxy) is 2. The lowest BCUT2D eigenvalue weighted by molar-refractivity contribution is -0.111. The summed E-state index contributed by atoms with van der Waals surface area (Å²) in [7, 11) is 0. The predicted molar refractivity (Wildman–Crippen MR) is 148 cm³/mol. The van der Waals surface area contributed by atoms with Gasteiger partial charge in [-0.05, 0) is 79.4 Å². The van der Waals surface area contributed by atoms with Crippen LogP contribution in [0.1, 0.15) is 30.9 Å². The number of rotatable bonds is 12. The Labute approximate surface area is 224 Å². The number of nitrogens with one attached hydrogen (secondary N) is 2. The maximum Gasteiger partial charge on any atom is 0.412 e. The van der Waals surface area contributed by atoms with Gasteiger partial charge < -0.3 is 25.6 Å². The highest BCUT2D eigenvalue weighted by atomic mass is 79.9. The van der Waals surface area contributed by atoms with Gasteiger partial charge >= 0.3 is 6.09 Å². The second kappa shape index (κ2) is 14.7. The number of hydrogen-bond donors (Lipinski definition) is 4. The number of benzene rings is 3. The zero-order valence-electron chi connectivity index (χ0n) is 20.2. The third-order valence-electron chi connectivity index (χ3n) is 5.25. The molecule has 37 heavy (non-hydrogen) atoms. The van der Waals surface area contributed by atoms with Crippen molar-refractivity contribution in [3.8, 4) is 5.75 Å². The van der Waals surface area contributed by atoms with Gasteiger partial charge in [-0.3, -0.25) is 10.1 Å². The minimum atomic E-state index is -0.579. The maximum absolute atomic E-state index is 12.6. The van der Waals surface area contributed by atoms with E-state index in [1.807, 2.05) is 24.3 Å². The minimum absolute atomic E-state index is 0.101. The van der Waals surface area contributed by atoms with Gasteiger partial charge in [0.15, 0.2) is 0 Å². The van der Waals surface area contributed by atoms with Crippen molar-refractivity contribution in [2.75, 3.05) is 29.6 Å². The summed E-state index contributed by atoms with van der Waals surface area (Å²) in [4.78, 5) is 24.8. The van der Waals surface area contributed by atoms with Crippen LogP contribution >= 0.6 is 15.9 Å². The van der Waals surface area contributed by atoms with Gasteiger partial charge in [-0.1, -0.05) is 46.3 Å². The Hall–Kier alpha value is -3.82. The second-order valence-corrected chi connectivity index (χ2v) is 9.00. The Kier molecular flexibility index (Phi) is 11.0. The van der Waals surface area contributed by atoms with Gasteiger partial charge in [0.2, 0.25) is 5.91 Å². The Bertz CT molecular complexity index is 1200. The monoisotopic (exact) mass is 567 g/mol. The van der Waals surface area contributed by atoms with Crippen molar-refractivity contribution in [3.63, 3.8) is 0 Å². The SMILES string of the molecule is Nc1ccccc1NC(=O)/C=C/CCC[C@H](OC(=O)Nc1ccc(Br)cc1)c1cccc(OCCO)c1. The molecule has 0 aromatic heterocycles. The van der Waals surface area contributed by atoms with Crippen LogP contribution in [0, 0.1) is 0 Å². The number of anilines is 3. The molecule has 2 amide bonds. The van der Waals surface area contributed by atoms with Crippen LogP contribution < -0.4 is 21.1 Å². The lowest BCUT2D eigenvalue weighted by Crippen LogP contribution is -2.18. The molecule has 0 spiro atoms. The smallest absolute Gasteiger partial charge is 0.412 e. The van der Waals surface area contributed by atoms with Crippen LogP contribution in [0.4, 0.5) is 21.9 Å². The van der Waals surface area contributed by atoms with Crippen molar-refractivity contribution in [2.24, 2.45) is 0 Å². The third-order valence-corrected chi connectivity index (χ3v) is 5.78. The van der Waals surface area contributed by atoms with Gasteiger partial charge in [-0.25, -0.2) is 4.79 Å². The lowest BCUT2D eigenvalue weighted by Gasteiger charge is -2.19. The van der Waals surface area contributed by atoms with Gasteiger partial charge in [-0.15, -0.1) is 0 Å². The average molecular weight is 568 g/mol. The molecule has 0 unspecified atom stereocenters. The van der Waals surface area contributed by atoms with E-state index in [2.05, 4.69) is 26.6 Å². The van der Waals surface area contributed by atoms with Crippen molar-refractivity contribution in [3.05, 3.63) is 95.0 Å². The van der Waals surface area contributed by atoms with E-state index in [0.29, 0.717) is 42.1 Å². The number of aliphatic hydroxyl groups excluding tert-OH is 1. The van der Waals surface area contributed by atoms with E-state index in [4.69, 9.17) is 20.3 Å². The second-order valence-electron chi connectivity index (χ2n) is 8.08. The molecule has 9 heteroatoms. The number of hydrogen-bond acceptors (Lipinski definition) is 6. The average Bonchev–Trinajstić information content (AvgIpc) is 2.89. The van der Waals surface area contributed by atoms with Crippen LogP contribution in [0.5, 0.6) is 5.75 Å². The van der Waals surface area contributed by atoms with Crippen LogP contribution in [0.15, 0.2) is 89.4 Å². The standard InChI is InChI=1S/C28H30BrN3O5/c29-21-13-15-22(16-14-21)31-28(35)37-26(20-7-6-8-23(19-20)36-18-17-33)11-2-1-3-12-27(34)32-25-10-5-4-9-24(25)30/h3-10,12-16,19,26,33H,1-2,11,17-18,30H2,(H,31,35)(H,32,34)/b12-3+/t26-/m0/s1. The summed E-state index contributed by atoms with van der Waals surface area (Å²) in [5.41, 5.74) is 8.29. The molecule has 5 N–H and O–H groups in total. The fourth-order valence-corrected chi connectivity index (χ4v) is 3.73. The summed E-state index contributed by atoms with van der Waals surface area (Å²) in [5, 5.41) is 14.5. The lowest BCUT2D eigenvalue weighted by atomic mass is 10.0. The normalized spacial score (nSPS) is 11.6. The summed E-state index contributed by atoms with van der Waals surface area (Å²) in [6.45, 7) is 0.0665. The van der Waals surface area contributed by atoms with Crippen molar-refractivity contribution >= 4 is 45.0 Å². The number of amides is 2. The Balaban J connectivity index is 1.60. The molecule has 0 heterocycles. The van der Waals surface area contributed by atoms with E-state index < -0.39 is 12.2 Å². The van der Waals surface area contributed by atoms with Gasteiger partial charge in [0.25, 0.3) is 0 Å². The number of halogens is 1. The van der Waals surface area contributed by atoms with Crippen molar-refractivity contribution in [1.29, 1.82) is 0 Å². The summed E-state index contributed by atoms with van der Waals surface area (Å²) < 4.78 is 12.2. The van der Waals surface area contributed by atoms with Gasteiger partial charge in [0, 0.05) is 10.2 Å². The molecule has 0 aliphatic carbocycles. The molecule has 0 fully saturated rings. The Morgan fingerprint density at radius 1 is 1.03 bits per heavy atom. The number of aliphatic hydroxyl groups is 1. The molecule has 0 bridgehead atoms. The van der Waals surface area contributed by atoms with Crippen LogP contribution in [0.25, 0.3) is 0 Å². The van der Waals surface area contributed by atoms with Gasteiger partial charge in [0.1, 0.15) is 18.5 Å². The molecule has 3 rings (SSSR count). The third kappa shape index (κ3) is 9.63. The summed E-state index contributed by atoms with van der Waals surface area (Å²) >= 11 is 3.37. The molecule has 0 radical (unpaired) electrons. The molecule has 194 valence electrons. The number of para-hydroxylation sites is 2. The van der Waals surface area contributed by atoms with Crippen molar-refractivity contribution in [1.82, 2.24) is 0 Å². The fraction of sp³-hybridized carbons (Fsp3) is 0.214. The molecular weight excluding hydrogens is 538 g/mol. The van der Waals surface area contributed by atoms with Crippen LogP contribution in [-0.4, -0.2) is 30.3 Å². The number of carbonyl (C=O) groups excluding carboxylic acids is 2. The number of unbranched alkanes of at least 4 members (excludes halogenated alkanes) is 1. The molecule has 0 aliphatic heterocycles. The molecule has 0 saturated heterocycles. The highest BCUT2D eigenvalue weighted by molar-refractivity contribution is 9.10. The van der Waals surface area contributed by atoms with E-state index in [9.17, 15) is 9.59 Å². The number of nitrogen functional groups attached to an aromatic ring is 1. The highest BCUT2D eigenvalue weighted by Gasteiger charge is 2.18. The summed E-state index contributed by atoms with van der Waals surface area (Å²) in [6, 6.07) is 21.5. The van der Waals surface area contributed by atoms with E-state index in [1.54, 1.807) is 54.6 Å². The fourth-order valence-electron chi connectivity index (χ4n) is 3.47. The zero-order chi connectivity index (χ0) is 26.5. The van der Waals surface area contributed by atoms with Crippen molar-refractivity contribution < 1.29 is 24.2 Å². The number of carbonyl (C=O) groups is 2. The predicted octanol–water partition coefficient (Wildman–Crippen LogP) is 6.06. The first-order valence-corrected chi connectivity index (χ1v) is 12.6. The first-order valence-electron chi connectivity index (χ1n) is 11.8. The maximum atomic E-state index is 12.6. The molecule has 1 atom stereocenters. The number of nitrogens with two attached hydrogens (primary N) is 1.